The van der Waals surface area contributed by atoms with Crippen molar-refractivity contribution in [2.45, 2.75) is 25.1 Å². The largest absolute Gasteiger partial charge is 0.419 e. The lowest BCUT2D eigenvalue weighted by molar-refractivity contribution is -0.140. The molecule has 9 heteroatoms. The average molecular weight is 419 g/mol. The zero-order chi connectivity index (χ0) is 17.2. The molecule has 0 spiro atoms. The van der Waals surface area contributed by atoms with E-state index >= 15 is 0 Å². The summed E-state index contributed by atoms with van der Waals surface area (Å²) in [6.07, 6.45) is -2.97. The fourth-order valence-electron chi connectivity index (χ4n) is 3.72. The van der Waals surface area contributed by atoms with Crippen molar-refractivity contribution in [3.8, 4) is 0 Å². The molecule has 0 amide bonds. The van der Waals surface area contributed by atoms with Crippen molar-refractivity contribution in [3.05, 3.63) is 35.1 Å². The van der Waals surface area contributed by atoms with Crippen LogP contribution in [0.4, 0.5) is 17.6 Å². The molecule has 0 aliphatic carbocycles. The molecule has 26 heavy (non-hydrogen) atoms. The molecule has 2 aliphatic heterocycles. The molecule has 0 radical (unpaired) electrons. The van der Waals surface area contributed by atoms with Gasteiger partial charge in [0.1, 0.15) is 5.82 Å². The van der Waals surface area contributed by atoms with Crippen LogP contribution >= 0.6 is 24.8 Å². The standard InChI is InChI=1S/C17H22F4N2O.2ClH/c18-15-11-13(1-2-14(15)17(19,20)21)16(12-3-9-24-10-4-12)23-7-5-22-6-8-23;;/h1-2,11-12,16,22H,3-10H2;2*1H/t16-;;/m1../s1. The van der Waals surface area contributed by atoms with Crippen molar-refractivity contribution in [1.29, 1.82) is 0 Å². The molecule has 3 rings (SSSR count). The van der Waals surface area contributed by atoms with E-state index in [9.17, 15) is 17.6 Å². The Morgan fingerprint density at radius 2 is 1.69 bits per heavy atom. The van der Waals surface area contributed by atoms with Gasteiger partial charge in [0, 0.05) is 45.4 Å². The highest BCUT2D eigenvalue weighted by molar-refractivity contribution is 5.85. The Kier molecular flexibility index (Phi) is 9.09. The minimum atomic E-state index is -4.66. The van der Waals surface area contributed by atoms with Crippen molar-refractivity contribution in [1.82, 2.24) is 10.2 Å². The van der Waals surface area contributed by atoms with Gasteiger partial charge in [-0.05, 0) is 36.5 Å². The number of ether oxygens (including phenoxy) is 1. The van der Waals surface area contributed by atoms with Gasteiger partial charge in [-0.2, -0.15) is 13.2 Å². The smallest absolute Gasteiger partial charge is 0.381 e. The van der Waals surface area contributed by atoms with E-state index in [0.29, 0.717) is 18.8 Å². The van der Waals surface area contributed by atoms with E-state index in [1.54, 1.807) is 0 Å². The maximum atomic E-state index is 14.1. The van der Waals surface area contributed by atoms with E-state index in [4.69, 9.17) is 4.74 Å². The number of hydrogen-bond acceptors (Lipinski definition) is 3. The summed E-state index contributed by atoms with van der Waals surface area (Å²) in [6, 6.07) is 3.32. The third-order valence-corrected chi connectivity index (χ3v) is 4.90. The molecule has 0 bridgehead atoms. The molecule has 3 nitrogen and oxygen atoms in total. The molecule has 0 aromatic heterocycles. The van der Waals surface area contributed by atoms with E-state index in [2.05, 4.69) is 10.2 Å². The van der Waals surface area contributed by atoms with Crippen molar-refractivity contribution in [2.75, 3.05) is 39.4 Å². The molecule has 1 aromatic carbocycles. The maximum absolute atomic E-state index is 14.1. The second kappa shape index (κ2) is 10.1. The number of nitrogens with one attached hydrogen (secondary N) is 1. The van der Waals surface area contributed by atoms with Crippen LogP contribution in [0, 0.1) is 11.7 Å². The van der Waals surface area contributed by atoms with E-state index in [0.717, 1.165) is 51.2 Å². The summed E-state index contributed by atoms with van der Waals surface area (Å²) in [4.78, 5) is 2.26. The van der Waals surface area contributed by atoms with Crippen LogP contribution in [0.3, 0.4) is 0 Å². The predicted molar refractivity (Wildman–Crippen MR) is 96.6 cm³/mol. The first-order valence-electron chi connectivity index (χ1n) is 8.36. The highest BCUT2D eigenvalue weighted by Crippen LogP contribution is 2.38. The Morgan fingerprint density at radius 3 is 2.23 bits per heavy atom. The first-order valence-corrected chi connectivity index (χ1v) is 8.36. The minimum Gasteiger partial charge on any atom is -0.381 e. The van der Waals surface area contributed by atoms with Crippen molar-refractivity contribution >= 4 is 24.8 Å². The zero-order valence-corrected chi connectivity index (χ0v) is 15.9. The van der Waals surface area contributed by atoms with Gasteiger partial charge in [-0.1, -0.05) is 6.07 Å². The van der Waals surface area contributed by atoms with Gasteiger partial charge in [-0.15, -0.1) is 24.8 Å². The van der Waals surface area contributed by atoms with Gasteiger partial charge in [0.25, 0.3) is 0 Å². The first kappa shape index (κ1) is 23.4. The number of hydrogen-bond donors (Lipinski definition) is 1. The number of piperazine rings is 1. The molecule has 2 fully saturated rings. The van der Waals surface area contributed by atoms with Crippen molar-refractivity contribution < 1.29 is 22.3 Å². The summed E-state index contributed by atoms with van der Waals surface area (Å²) < 4.78 is 57.9. The Hall–Kier alpha value is -0.600. The molecule has 0 saturated carbocycles. The van der Waals surface area contributed by atoms with Crippen molar-refractivity contribution in [3.63, 3.8) is 0 Å². The first-order chi connectivity index (χ1) is 11.5. The molecular weight excluding hydrogens is 395 g/mol. The minimum absolute atomic E-state index is 0. The second-order valence-corrected chi connectivity index (χ2v) is 6.42. The third-order valence-electron chi connectivity index (χ3n) is 4.90. The Morgan fingerprint density at radius 1 is 1.08 bits per heavy atom. The Labute approximate surface area is 163 Å². The molecule has 150 valence electrons. The van der Waals surface area contributed by atoms with Crippen LogP contribution in [0.25, 0.3) is 0 Å². The van der Waals surface area contributed by atoms with Crippen LogP contribution in [0.2, 0.25) is 0 Å². The SMILES string of the molecule is Cl.Cl.Fc1cc([C@@H](C2CCOCC2)N2CCNCC2)ccc1C(F)(F)F. The van der Waals surface area contributed by atoms with E-state index in [-0.39, 0.29) is 36.8 Å². The summed E-state index contributed by atoms with van der Waals surface area (Å²) in [7, 11) is 0. The molecule has 2 saturated heterocycles. The number of nitrogens with zero attached hydrogens (tertiary/aromatic N) is 1. The van der Waals surface area contributed by atoms with Gasteiger partial charge in [0.05, 0.1) is 5.56 Å². The van der Waals surface area contributed by atoms with Crippen LogP contribution in [0.5, 0.6) is 0 Å². The average Bonchev–Trinajstić information content (AvgIpc) is 2.56. The van der Waals surface area contributed by atoms with E-state index in [1.807, 2.05) is 0 Å². The van der Waals surface area contributed by atoms with E-state index < -0.39 is 17.6 Å². The summed E-state index contributed by atoms with van der Waals surface area (Å²) in [5, 5.41) is 3.28. The summed E-state index contributed by atoms with van der Waals surface area (Å²) in [6.45, 7) is 4.59. The fourth-order valence-corrected chi connectivity index (χ4v) is 3.72. The summed E-state index contributed by atoms with van der Waals surface area (Å²) in [5.41, 5.74) is -0.563. The third kappa shape index (κ3) is 5.45. The lowest BCUT2D eigenvalue weighted by Gasteiger charge is -2.41. The summed E-state index contributed by atoms with van der Waals surface area (Å²) in [5.74, 6) is -0.916. The van der Waals surface area contributed by atoms with Crippen LogP contribution < -0.4 is 5.32 Å². The van der Waals surface area contributed by atoms with Crippen LogP contribution in [-0.2, 0) is 10.9 Å². The molecule has 2 heterocycles. The normalized spacial score (nSPS) is 20.8. The highest BCUT2D eigenvalue weighted by atomic mass is 35.5. The number of rotatable bonds is 3. The number of benzene rings is 1. The molecule has 2 aliphatic rings. The maximum Gasteiger partial charge on any atom is 0.419 e. The Balaban J connectivity index is 0.00000169. The van der Waals surface area contributed by atoms with Gasteiger partial charge in [-0.25, -0.2) is 4.39 Å². The lowest BCUT2D eigenvalue weighted by Crippen LogP contribution is -2.47. The van der Waals surface area contributed by atoms with Gasteiger partial charge < -0.3 is 10.1 Å². The van der Waals surface area contributed by atoms with Gasteiger partial charge in [0.2, 0.25) is 0 Å². The fraction of sp³-hybridized carbons (Fsp3) is 0.647. The van der Waals surface area contributed by atoms with E-state index in [1.165, 1.54) is 6.07 Å². The quantitative estimate of drug-likeness (QED) is 0.748. The number of halogens is 6. The van der Waals surface area contributed by atoms with Crippen LogP contribution in [0.15, 0.2) is 18.2 Å². The topological polar surface area (TPSA) is 24.5 Å². The molecule has 0 unspecified atom stereocenters. The number of alkyl halides is 3. The Bertz CT molecular complexity index is 544. The predicted octanol–water partition coefficient (Wildman–Crippen LogP) is 4.06. The van der Waals surface area contributed by atoms with Crippen molar-refractivity contribution in [2.24, 2.45) is 5.92 Å². The van der Waals surface area contributed by atoms with Gasteiger partial charge >= 0.3 is 6.18 Å². The lowest BCUT2D eigenvalue weighted by atomic mass is 9.85. The van der Waals surface area contributed by atoms with Gasteiger partial charge in [0.15, 0.2) is 0 Å². The van der Waals surface area contributed by atoms with Crippen LogP contribution in [-0.4, -0.2) is 44.3 Å². The molecule has 1 atom stereocenters. The monoisotopic (exact) mass is 418 g/mol. The van der Waals surface area contributed by atoms with Gasteiger partial charge in [-0.3, -0.25) is 4.90 Å². The zero-order valence-electron chi connectivity index (χ0n) is 14.2. The molecular formula is C17H24Cl2F4N2O. The second-order valence-electron chi connectivity index (χ2n) is 6.42. The highest BCUT2D eigenvalue weighted by Gasteiger charge is 2.36. The molecule has 1 N–H and O–H groups in total. The summed E-state index contributed by atoms with van der Waals surface area (Å²) >= 11 is 0. The molecule has 1 aromatic rings. The van der Waals surface area contributed by atoms with Crippen LogP contribution in [0.1, 0.15) is 30.0 Å².